The SMILES string of the molecule is N#Cc1coc2ncccc2cco1. The van der Waals surface area contributed by atoms with Gasteiger partial charge >= 0.3 is 0 Å². The molecule has 0 bridgehead atoms. The summed E-state index contributed by atoms with van der Waals surface area (Å²) in [6.07, 6.45) is 4.28. The molecule has 2 rings (SSSR count). The third-order valence-electron chi connectivity index (χ3n) is 1.63. The molecule has 0 saturated carbocycles. The van der Waals surface area contributed by atoms with Gasteiger partial charge in [0.25, 0.3) is 0 Å². The average molecular weight is 186 g/mol. The molecule has 2 aromatic heterocycles. The minimum atomic E-state index is 0.0950. The maximum atomic E-state index is 8.58. The van der Waals surface area contributed by atoms with Gasteiger partial charge in [0.2, 0.25) is 11.5 Å². The number of rotatable bonds is 0. The van der Waals surface area contributed by atoms with Crippen molar-refractivity contribution in [1.82, 2.24) is 4.98 Å². The highest BCUT2D eigenvalue weighted by Gasteiger charge is 1.92. The van der Waals surface area contributed by atoms with Gasteiger partial charge in [-0.15, -0.1) is 0 Å². The molecule has 2 heterocycles. The molecule has 0 unspecified atom stereocenters. The van der Waals surface area contributed by atoms with E-state index in [0.717, 1.165) is 5.39 Å². The number of nitrogens with zero attached hydrogens (tertiary/aromatic N) is 2. The van der Waals surface area contributed by atoms with Crippen LogP contribution in [0.25, 0.3) is 11.1 Å². The van der Waals surface area contributed by atoms with Crippen LogP contribution in [0.2, 0.25) is 0 Å². The number of aromatic nitrogens is 1. The summed E-state index contributed by atoms with van der Waals surface area (Å²) in [5.41, 5.74) is 0.458. The van der Waals surface area contributed by atoms with Crippen LogP contribution in [0.15, 0.2) is 45.8 Å². The van der Waals surface area contributed by atoms with Gasteiger partial charge in [0.1, 0.15) is 12.3 Å². The van der Waals surface area contributed by atoms with Gasteiger partial charge < -0.3 is 8.83 Å². The lowest BCUT2D eigenvalue weighted by Crippen LogP contribution is -1.74. The number of hydrogen-bond acceptors (Lipinski definition) is 4. The van der Waals surface area contributed by atoms with Crippen LogP contribution >= 0.6 is 0 Å². The van der Waals surface area contributed by atoms with Crippen LogP contribution in [-0.2, 0) is 0 Å². The van der Waals surface area contributed by atoms with Crippen molar-refractivity contribution in [2.24, 2.45) is 0 Å². The van der Waals surface area contributed by atoms with Gasteiger partial charge in [0.15, 0.2) is 0 Å². The Balaban J connectivity index is 2.76. The third-order valence-corrected chi connectivity index (χ3v) is 1.63. The highest BCUT2D eigenvalue weighted by atomic mass is 16.4. The lowest BCUT2D eigenvalue weighted by atomic mass is 10.3. The summed E-state index contributed by atoms with van der Waals surface area (Å²) < 4.78 is 10.1. The average Bonchev–Trinajstić information content (AvgIpc) is 2.19. The summed E-state index contributed by atoms with van der Waals surface area (Å²) >= 11 is 0. The van der Waals surface area contributed by atoms with E-state index in [0.29, 0.717) is 5.71 Å². The van der Waals surface area contributed by atoms with Crippen molar-refractivity contribution >= 4 is 11.1 Å². The van der Waals surface area contributed by atoms with Crippen LogP contribution in [-0.4, -0.2) is 4.98 Å². The lowest BCUT2D eigenvalue weighted by Gasteiger charge is -1.90. The summed E-state index contributed by atoms with van der Waals surface area (Å²) in [5.74, 6) is 0.0950. The van der Waals surface area contributed by atoms with Crippen LogP contribution in [0.1, 0.15) is 5.76 Å². The van der Waals surface area contributed by atoms with Crippen molar-refractivity contribution < 1.29 is 8.83 Å². The van der Waals surface area contributed by atoms with E-state index in [1.165, 1.54) is 12.5 Å². The predicted octanol–water partition coefficient (Wildman–Crippen LogP) is 2.42. The van der Waals surface area contributed by atoms with Gasteiger partial charge in [-0.1, -0.05) is 0 Å². The molecule has 4 heteroatoms. The summed E-state index contributed by atoms with van der Waals surface area (Å²) in [4.78, 5) is 4.01. The van der Waals surface area contributed by atoms with Crippen molar-refractivity contribution in [3.05, 3.63) is 42.7 Å². The molecule has 0 fully saturated rings. The molecule has 14 heavy (non-hydrogen) atoms. The molecule has 0 saturated heterocycles. The molecule has 0 aliphatic carbocycles. The van der Waals surface area contributed by atoms with Crippen molar-refractivity contribution in [2.45, 2.75) is 0 Å². The standard InChI is InChI=1S/C10H6N2O2/c11-6-9-7-14-10-8(3-5-13-9)2-1-4-12-10/h1-5,7H. The molecule has 0 amide bonds. The molecule has 2 aromatic rings. The first kappa shape index (κ1) is 8.32. The lowest BCUT2D eigenvalue weighted by molar-refractivity contribution is 0.496. The Hall–Kier alpha value is -2.28. The fourth-order valence-corrected chi connectivity index (χ4v) is 0.999. The normalized spacial score (nSPS) is 9.36. The van der Waals surface area contributed by atoms with Crippen molar-refractivity contribution in [3.63, 3.8) is 0 Å². The first-order valence-electron chi connectivity index (χ1n) is 3.95. The van der Waals surface area contributed by atoms with Gasteiger partial charge in [-0.25, -0.2) is 4.98 Å². The number of fused-ring (bicyclic) bond motifs is 1. The molecule has 0 spiro atoms. The van der Waals surface area contributed by atoms with Crippen LogP contribution in [0.5, 0.6) is 0 Å². The number of pyridine rings is 1. The second-order valence-corrected chi connectivity index (χ2v) is 2.53. The van der Waals surface area contributed by atoms with E-state index in [4.69, 9.17) is 14.1 Å². The minimum absolute atomic E-state index is 0.0950. The van der Waals surface area contributed by atoms with Crippen LogP contribution in [0, 0.1) is 11.3 Å². The van der Waals surface area contributed by atoms with Gasteiger partial charge in [-0.2, -0.15) is 5.26 Å². The molecular formula is C10H6N2O2. The summed E-state index contributed by atoms with van der Waals surface area (Å²) in [7, 11) is 0. The topological polar surface area (TPSA) is 63.0 Å². The van der Waals surface area contributed by atoms with Crippen molar-refractivity contribution in [3.8, 4) is 6.07 Å². The van der Waals surface area contributed by atoms with E-state index in [2.05, 4.69) is 4.98 Å². The zero-order chi connectivity index (χ0) is 9.80. The Morgan fingerprint density at radius 3 is 3.07 bits per heavy atom. The first-order chi connectivity index (χ1) is 6.90. The smallest absolute Gasteiger partial charge is 0.238 e. The van der Waals surface area contributed by atoms with E-state index < -0.39 is 0 Å². The van der Waals surface area contributed by atoms with Gasteiger partial charge in [-0.05, 0) is 18.2 Å². The molecule has 0 aliphatic heterocycles. The number of hydrogen-bond donors (Lipinski definition) is 0. The maximum Gasteiger partial charge on any atom is 0.238 e. The van der Waals surface area contributed by atoms with Gasteiger partial charge in [0.05, 0.1) is 6.26 Å². The van der Waals surface area contributed by atoms with Crippen LogP contribution in [0.3, 0.4) is 0 Å². The molecule has 68 valence electrons. The van der Waals surface area contributed by atoms with Gasteiger partial charge in [0, 0.05) is 11.6 Å². The molecule has 0 N–H and O–H groups in total. The van der Waals surface area contributed by atoms with Crippen molar-refractivity contribution in [2.75, 3.05) is 0 Å². The second-order valence-electron chi connectivity index (χ2n) is 2.53. The molecule has 4 nitrogen and oxygen atoms in total. The molecule has 0 aliphatic rings. The van der Waals surface area contributed by atoms with E-state index in [-0.39, 0.29) is 5.76 Å². The van der Waals surface area contributed by atoms with Crippen LogP contribution in [0.4, 0.5) is 0 Å². The Morgan fingerprint density at radius 1 is 1.29 bits per heavy atom. The van der Waals surface area contributed by atoms with E-state index in [1.807, 2.05) is 12.1 Å². The summed E-state index contributed by atoms with van der Waals surface area (Å²) in [6.45, 7) is 0. The Bertz CT molecular complexity index is 532. The maximum absolute atomic E-state index is 8.58. The zero-order valence-electron chi connectivity index (χ0n) is 7.18. The molecule has 0 atom stereocenters. The van der Waals surface area contributed by atoms with E-state index in [9.17, 15) is 0 Å². The fraction of sp³-hybridized carbons (Fsp3) is 0. The highest BCUT2D eigenvalue weighted by Crippen LogP contribution is 2.08. The largest absolute Gasteiger partial charge is 0.451 e. The van der Waals surface area contributed by atoms with Crippen LogP contribution < -0.4 is 0 Å². The summed E-state index contributed by atoms with van der Waals surface area (Å²) in [5, 5.41) is 9.38. The quantitative estimate of drug-likeness (QED) is 0.633. The van der Waals surface area contributed by atoms with E-state index in [1.54, 1.807) is 18.3 Å². The Kier molecular flexibility index (Phi) is 2.15. The fourth-order valence-electron chi connectivity index (χ4n) is 0.999. The monoisotopic (exact) mass is 186 g/mol. The van der Waals surface area contributed by atoms with Gasteiger partial charge in [-0.3, -0.25) is 0 Å². The molecule has 0 aromatic carbocycles. The second kappa shape index (κ2) is 3.62. The van der Waals surface area contributed by atoms with E-state index >= 15 is 0 Å². The Labute approximate surface area is 79.7 Å². The Morgan fingerprint density at radius 2 is 2.21 bits per heavy atom. The molecule has 0 radical (unpaired) electrons. The summed E-state index contributed by atoms with van der Waals surface area (Å²) in [6, 6.07) is 7.16. The first-order valence-corrected chi connectivity index (χ1v) is 3.95. The molecular weight excluding hydrogens is 180 g/mol. The van der Waals surface area contributed by atoms with Crippen molar-refractivity contribution in [1.29, 1.82) is 5.26 Å². The highest BCUT2D eigenvalue weighted by molar-refractivity contribution is 5.70. The zero-order valence-corrected chi connectivity index (χ0v) is 7.18. The third kappa shape index (κ3) is 1.57. The number of nitriles is 1. The minimum Gasteiger partial charge on any atom is -0.451 e. The predicted molar refractivity (Wildman–Crippen MR) is 48.6 cm³/mol.